The molecule has 12 heteroatoms. The van der Waals surface area contributed by atoms with Gasteiger partial charge in [-0.3, -0.25) is 0 Å². The van der Waals surface area contributed by atoms with Gasteiger partial charge >= 0.3 is 5.97 Å². The van der Waals surface area contributed by atoms with Crippen LogP contribution in [0, 0.1) is 0 Å². The maximum atomic E-state index is 14.2. The van der Waals surface area contributed by atoms with Crippen molar-refractivity contribution in [2.75, 3.05) is 64.0 Å². The van der Waals surface area contributed by atoms with Crippen molar-refractivity contribution in [1.29, 1.82) is 0 Å². The Kier molecular flexibility index (Phi) is 13.6. The number of carbonyl (C=O) groups is 1. The van der Waals surface area contributed by atoms with Gasteiger partial charge in [-0.05, 0) is 35.4 Å². The Balaban J connectivity index is 1.93. The van der Waals surface area contributed by atoms with Crippen molar-refractivity contribution in [1.82, 2.24) is 0 Å². The highest BCUT2D eigenvalue weighted by molar-refractivity contribution is 7.98. The van der Waals surface area contributed by atoms with Crippen LogP contribution in [0.25, 0.3) is 0 Å². The molecule has 268 valence electrons. The third-order valence-corrected chi connectivity index (χ3v) is 9.44. The highest BCUT2D eigenvalue weighted by atomic mass is 32.2. The average molecular weight is 709 g/mol. The summed E-state index contributed by atoms with van der Waals surface area (Å²) >= 11 is 1.60. The molecule has 0 amide bonds. The maximum absolute atomic E-state index is 14.2. The van der Waals surface area contributed by atoms with Crippen LogP contribution < -0.4 is 42.6 Å². The van der Waals surface area contributed by atoms with Gasteiger partial charge in [0.1, 0.15) is 23.4 Å². The fourth-order valence-electron chi connectivity index (χ4n) is 5.54. The third kappa shape index (κ3) is 8.54. The predicted molar refractivity (Wildman–Crippen MR) is 192 cm³/mol. The molecule has 4 aromatic carbocycles. The van der Waals surface area contributed by atoms with Crippen LogP contribution in [-0.4, -0.2) is 76.1 Å². The van der Waals surface area contributed by atoms with Crippen LogP contribution in [0.15, 0.2) is 66.7 Å². The zero-order valence-electron chi connectivity index (χ0n) is 29.8. The summed E-state index contributed by atoms with van der Waals surface area (Å²) in [7, 11) is 13.8. The van der Waals surface area contributed by atoms with Gasteiger partial charge < -0.3 is 47.4 Å². The van der Waals surface area contributed by atoms with Crippen molar-refractivity contribution in [2.45, 2.75) is 23.5 Å². The van der Waals surface area contributed by atoms with Gasteiger partial charge in [-0.15, -0.1) is 11.8 Å². The summed E-state index contributed by atoms with van der Waals surface area (Å²) < 4.78 is 57.3. The molecule has 2 atom stereocenters. The van der Waals surface area contributed by atoms with Gasteiger partial charge in [0.05, 0.1) is 74.8 Å². The number of hydrogen-bond donors (Lipinski definition) is 0. The van der Waals surface area contributed by atoms with E-state index >= 15 is 0 Å². The number of benzene rings is 4. The van der Waals surface area contributed by atoms with E-state index in [1.807, 2.05) is 42.5 Å². The van der Waals surface area contributed by atoms with E-state index in [4.69, 9.17) is 47.4 Å². The Bertz CT molecular complexity index is 1650. The molecule has 0 N–H and O–H groups in total. The van der Waals surface area contributed by atoms with Crippen molar-refractivity contribution >= 4 is 17.7 Å². The summed E-state index contributed by atoms with van der Waals surface area (Å²) in [6.45, 7) is 0. The van der Waals surface area contributed by atoms with Crippen molar-refractivity contribution in [3.63, 3.8) is 0 Å². The second-order valence-corrected chi connectivity index (χ2v) is 11.9. The Labute approximate surface area is 297 Å². The van der Waals surface area contributed by atoms with Crippen molar-refractivity contribution in [2.24, 2.45) is 0 Å². The molecular formula is C38H44O11S. The van der Waals surface area contributed by atoms with Gasteiger partial charge in [0.2, 0.25) is 11.5 Å². The van der Waals surface area contributed by atoms with Gasteiger partial charge in [0.15, 0.2) is 23.0 Å². The average Bonchev–Trinajstić information content (AvgIpc) is 3.16. The molecule has 50 heavy (non-hydrogen) atoms. The van der Waals surface area contributed by atoms with E-state index in [9.17, 15) is 4.79 Å². The van der Waals surface area contributed by atoms with E-state index < -0.39 is 17.3 Å². The fraction of sp³-hybridized carbons (Fsp3) is 0.342. The summed E-state index contributed by atoms with van der Waals surface area (Å²) in [6.07, 6.45) is -0.621. The number of thioether (sulfide) groups is 1. The first kappa shape index (κ1) is 37.7. The second kappa shape index (κ2) is 18.1. The zero-order valence-corrected chi connectivity index (χ0v) is 30.6. The number of rotatable bonds is 18. The molecule has 0 aliphatic heterocycles. The highest BCUT2D eigenvalue weighted by Crippen LogP contribution is 2.47. The number of ether oxygens (including phenoxy) is 10. The van der Waals surface area contributed by atoms with Gasteiger partial charge in [0.25, 0.3) is 0 Å². The molecule has 0 heterocycles. The molecule has 0 aromatic heterocycles. The number of carbonyl (C=O) groups excluding carboxylic acids is 1. The molecule has 4 rings (SSSR count). The predicted octanol–water partition coefficient (Wildman–Crippen LogP) is 7.21. The smallest absolute Gasteiger partial charge is 0.338 e. The Morgan fingerprint density at radius 1 is 0.580 bits per heavy atom. The van der Waals surface area contributed by atoms with Gasteiger partial charge in [-0.1, -0.05) is 30.3 Å². The number of methoxy groups -OCH3 is 9. The topological polar surface area (TPSA) is 109 Å². The van der Waals surface area contributed by atoms with Crippen LogP contribution in [0.4, 0.5) is 0 Å². The molecule has 4 aromatic rings. The van der Waals surface area contributed by atoms with E-state index in [0.29, 0.717) is 63.1 Å². The second-order valence-electron chi connectivity index (χ2n) is 10.7. The van der Waals surface area contributed by atoms with E-state index in [-0.39, 0.29) is 12.0 Å². The van der Waals surface area contributed by atoms with Crippen LogP contribution in [-0.2, 0) is 16.9 Å². The minimum Gasteiger partial charge on any atom is -0.496 e. The Morgan fingerprint density at radius 2 is 1.06 bits per heavy atom. The first-order valence-corrected chi connectivity index (χ1v) is 16.6. The van der Waals surface area contributed by atoms with E-state index in [2.05, 4.69) is 0 Å². The highest BCUT2D eigenvalue weighted by Gasteiger charge is 2.33. The third-order valence-electron chi connectivity index (χ3n) is 8.01. The monoisotopic (exact) mass is 708 g/mol. The summed E-state index contributed by atoms with van der Waals surface area (Å²) in [4.78, 5) is 14.2. The molecule has 1 unspecified atom stereocenters. The molecule has 0 saturated heterocycles. The molecule has 0 bridgehead atoms. The normalized spacial score (nSPS) is 11.9. The molecule has 0 fully saturated rings. The zero-order chi connectivity index (χ0) is 36.2. The molecular weight excluding hydrogens is 664 g/mol. The summed E-state index contributed by atoms with van der Waals surface area (Å²) in [5, 5.41) is -0.480. The van der Waals surface area contributed by atoms with Crippen molar-refractivity contribution in [3.05, 3.63) is 89.0 Å². The first-order valence-electron chi connectivity index (χ1n) is 15.5. The molecule has 0 radical (unpaired) electrons. The summed E-state index contributed by atoms with van der Waals surface area (Å²) in [6, 6.07) is 20.4. The molecule has 0 spiro atoms. The molecule has 0 aliphatic carbocycles. The maximum Gasteiger partial charge on any atom is 0.338 e. The Morgan fingerprint density at radius 3 is 1.50 bits per heavy atom. The lowest BCUT2D eigenvalue weighted by molar-refractivity contribution is 0.0292. The molecule has 0 saturated carbocycles. The lowest BCUT2D eigenvalue weighted by atomic mass is 9.98. The number of hydrogen-bond acceptors (Lipinski definition) is 12. The molecule has 0 aliphatic rings. The fourth-order valence-corrected chi connectivity index (χ4v) is 6.80. The van der Waals surface area contributed by atoms with E-state index in [1.54, 1.807) is 78.7 Å². The van der Waals surface area contributed by atoms with Crippen molar-refractivity contribution < 1.29 is 52.2 Å². The van der Waals surface area contributed by atoms with Crippen LogP contribution in [0.3, 0.4) is 0 Å². The van der Waals surface area contributed by atoms with Crippen LogP contribution >= 0.6 is 11.8 Å². The van der Waals surface area contributed by atoms with Gasteiger partial charge in [-0.2, -0.15) is 0 Å². The summed E-state index contributed by atoms with van der Waals surface area (Å²) in [5.74, 6) is 3.88. The minimum atomic E-state index is -0.811. The quantitative estimate of drug-likeness (QED) is 0.0975. The van der Waals surface area contributed by atoms with Crippen LogP contribution in [0.1, 0.15) is 32.3 Å². The first-order chi connectivity index (χ1) is 24.3. The van der Waals surface area contributed by atoms with Crippen molar-refractivity contribution in [3.8, 4) is 51.7 Å². The van der Waals surface area contributed by atoms with Crippen LogP contribution in [0.2, 0.25) is 0 Å². The largest absolute Gasteiger partial charge is 0.496 e. The number of esters is 1. The van der Waals surface area contributed by atoms with Gasteiger partial charge in [0, 0.05) is 29.9 Å². The SMILES string of the molecule is COc1cc(OC)c(C[C@@H](OC(=O)c2cc(OC)c(OC)c(OC)c2)C(SCc2ccccc2)c2cc(OC)c(OC)c(OC)c2)c(OC)c1. The lowest BCUT2D eigenvalue weighted by Gasteiger charge is -2.29. The van der Waals surface area contributed by atoms with Gasteiger partial charge in [-0.25, -0.2) is 4.79 Å². The molecule has 11 nitrogen and oxygen atoms in total. The van der Waals surface area contributed by atoms with E-state index in [0.717, 1.165) is 11.1 Å². The standard InChI is InChI=1S/C38H44O11S/c1-40-26-19-28(41-2)27(29(20-26)42-3)21-34(49-38(39)25-17-32(45-6)36(48-9)33(18-25)46-7)37(50-22-23-13-11-10-12-14-23)24-15-30(43-4)35(47-8)31(16-24)44-5/h10-20,34,37H,21-22H2,1-9H3/t34-,37?/m1/s1. The Hall–Kier alpha value is -5.10. The minimum absolute atomic E-state index is 0.190. The lowest BCUT2D eigenvalue weighted by Crippen LogP contribution is -2.27. The summed E-state index contributed by atoms with van der Waals surface area (Å²) in [5.41, 5.74) is 2.74. The van der Waals surface area contributed by atoms with Crippen LogP contribution in [0.5, 0.6) is 51.7 Å². The van der Waals surface area contributed by atoms with E-state index in [1.165, 1.54) is 21.3 Å².